The second-order valence-corrected chi connectivity index (χ2v) is 4.48. The molecule has 1 amide bonds. The molecule has 2 N–H and O–H groups in total. The zero-order valence-corrected chi connectivity index (χ0v) is 8.59. The third-order valence-corrected chi connectivity index (χ3v) is 3.30. The van der Waals surface area contributed by atoms with Gasteiger partial charge in [0.15, 0.2) is 0 Å². The maximum atomic E-state index is 11.5. The van der Waals surface area contributed by atoms with Crippen LogP contribution in [0.2, 0.25) is 0 Å². The van der Waals surface area contributed by atoms with E-state index in [-0.39, 0.29) is 18.6 Å². The Bertz CT molecular complexity index is 304. The lowest BCUT2D eigenvalue weighted by Crippen LogP contribution is -2.45. The normalized spacial score (nSPS) is 25.5. The summed E-state index contributed by atoms with van der Waals surface area (Å²) in [4.78, 5) is 11.5. The molecule has 1 aliphatic carbocycles. The van der Waals surface area contributed by atoms with Crippen LogP contribution in [0.25, 0.3) is 0 Å². The van der Waals surface area contributed by atoms with E-state index in [1.807, 2.05) is 16.8 Å². The first-order chi connectivity index (χ1) is 6.79. The van der Waals surface area contributed by atoms with E-state index in [9.17, 15) is 4.79 Å². The summed E-state index contributed by atoms with van der Waals surface area (Å²) in [7, 11) is 0. The van der Waals surface area contributed by atoms with Crippen molar-refractivity contribution in [3.8, 4) is 0 Å². The number of thiophene rings is 1. The van der Waals surface area contributed by atoms with Gasteiger partial charge in [0.1, 0.15) is 0 Å². The van der Waals surface area contributed by atoms with Crippen LogP contribution in [0.1, 0.15) is 23.2 Å². The molecule has 1 saturated carbocycles. The van der Waals surface area contributed by atoms with Gasteiger partial charge in [0.25, 0.3) is 5.91 Å². The average Bonchev–Trinajstić information content (AvgIpc) is 2.62. The van der Waals surface area contributed by atoms with Gasteiger partial charge < -0.3 is 10.4 Å². The monoisotopic (exact) mass is 211 g/mol. The zero-order valence-electron chi connectivity index (χ0n) is 7.77. The maximum absolute atomic E-state index is 11.5. The molecule has 0 spiro atoms. The van der Waals surface area contributed by atoms with E-state index in [1.165, 1.54) is 11.3 Å². The number of aliphatic hydroxyl groups is 1. The van der Waals surface area contributed by atoms with Crippen LogP contribution in [0.4, 0.5) is 0 Å². The molecular weight excluding hydrogens is 198 g/mol. The summed E-state index contributed by atoms with van der Waals surface area (Å²) >= 11 is 1.52. The summed E-state index contributed by atoms with van der Waals surface area (Å²) in [6.45, 7) is 0.241. The smallest absolute Gasteiger partial charge is 0.252 e. The molecule has 0 unspecified atom stereocenters. The van der Waals surface area contributed by atoms with E-state index < -0.39 is 0 Å². The fourth-order valence-electron chi connectivity index (χ4n) is 1.67. The van der Waals surface area contributed by atoms with Crippen molar-refractivity contribution >= 4 is 17.2 Å². The molecule has 0 saturated heterocycles. The summed E-state index contributed by atoms with van der Waals surface area (Å²) in [6.07, 6.45) is 1.82. The van der Waals surface area contributed by atoms with Crippen LogP contribution < -0.4 is 5.32 Å². The van der Waals surface area contributed by atoms with Crippen LogP contribution in [-0.4, -0.2) is 23.7 Å². The van der Waals surface area contributed by atoms with Gasteiger partial charge >= 0.3 is 0 Å². The first-order valence-corrected chi connectivity index (χ1v) is 5.68. The highest BCUT2D eigenvalue weighted by atomic mass is 32.1. The number of rotatable bonds is 3. The molecule has 0 bridgehead atoms. The van der Waals surface area contributed by atoms with Crippen LogP contribution in [0.15, 0.2) is 16.8 Å². The molecule has 3 nitrogen and oxygen atoms in total. The summed E-state index contributed by atoms with van der Waals surface area (Å²) in [5.74, 6) is 0.399. The van der Waals surface area contributed by atoms with Gasteiger partial charge in [-0.3, -0.25) is 4.79 Å². The SMILES string of the molecule is O=C(NC1CC(CO)C1)c1ccsc1. The molecule has 0 atom stereocenters. The van der Waals surface area contributed by atoms with Gasteiger partial charge in [-0.1, -0.05) is 0 Å². The molecule has 14 heavy (non-hydrogen) atoms. The Morgan fingerprint density at radius 2 is 2.43 bits per heavy atom. The van der Waals surface area contributed by atoms with Gasteiger partial charge in [0.05, 0.1) is 0 Å². The highest BCUT2D eigenvalue weighted by Crippen LogP contribution is 2.26. The standard InChI is InChI=1S/C10H13NO2S/c12-5-7-3-9(4-7)11-10(13)8-1-2-14-6-8/h1-2,6-7,9,12H,3-5H2,(H,11,13). The van der Waals surface area contributed by atoms with Crippen LogP contribution >= 0.6 is 11.3 Å². The predicted molar refractivity (Wildman–Crippen MR) is 55.4 cm³/mol. The first kappa shape index (κ1) is 9.68. The number of carbonyl (C=O) groups is 1. The Labute approximate surface area is 86.8 Å². The summed E-state index contributed by atoms with van der Waals surface area (Å²) in [6, 6.07) is 2.09. The largest absolute Gasteiger partial charge is 0.396 e. The number of carbonyl (C=O) groups excluding carboxylic acids is 1. The molecule has 4 heteroatoms. The molecule has 1 aromatic heterocycles. The van der Waals surface area contributed by atoms with E-state index in [4.69, 9.17) is 5.11 Å². The van der Waals surface area contributed by atoms with Gasteiger partial charge in [-0.25, -0.2) is 0 Å². The Morgan fingerprint density at radius 3 is 3.00 bits per heavy atom. The summed E-state index contributed by atoms with van der Waals surface area (Å²) < 4.78 is 0. The molecule has 1 aromatic rings. The fourth-order valence-corrected chi connectivity index (χ4v) is 2.30. The van der Waals surface area contributed by atoms with Crippen molar-refractivity contribution in [2.75, 3.05) is 6.61 Å². The van der Waals surface area contributed by atoms with Crippen molar-refractivity contribution < 1.29 is 9.90 Å². The van der Waals surface area contributed by atoms with Crippen LogP contribution in [0.5, 0.6) is 0 Å². The number of nitrogens with one attached hydrogen (secondary N) is 1. The van der Waals surface area contributed by atoms with E-state index in [2.05, 4.69) is 5.32 Å². The lowest BCUT2D eigenvalue weighted by Gasteiger charge is -2.34. The van der Waals surface area contributed by atoms with Gasteiger partial charge in [-0.2, -0.15) is 11.3 Å². The fraction of sp³-hybridized carbons (Fsp3) is 0.500. The van der Waals surface area contributed by atoms with E-state index in [0.717, 1.165) is 18.4 Å². The topological polar surface area (TPSA) is 49.3 Å². The molecule has 1 aliphatic rings. The third-order valence-electron chi connectivity index (χ3n) is 2.61. The second-order valence-electron chi connectivity index (χ2n) is 3.70. The predicted octanol–water partition coefficient (Wildman–Crippen LogP) is 1.25. The van der Waals surface area contributed by atoms with Crippen molar-refractivity contribution in [2.45, 2.75) is 18.9 Å². The van der Waals surface area contributed by atoms with Crippen molar-refractivity contribution in [1.82, 2.24) is 5.32 Å². The lowest BCUT2D eigenvalue weighted by atomic mass is 9.81. The van der Waals surface area contributed by atoms with Crippen molar-refractivity contribution in [3.63, 3.8) is 0 Å². The lowest BCUT2D eigenvalue weighted by molar-refractivity contribution is 0.0833. The van der Waals surface area contributed by atoms with Crippen molar-refractivity contribution in [1.29, 1.82) is 0 Å². The number of hydrogen-bond donors (Lipinski definition) is 2. The summed E-state index contributed by atoms with van der Waals surface area (Å²) in [5, 5.41) is 15.5. The Hall–Kier alpha value is -0.870. The maximum Gasteiger partial charge on any atom is 0.252 e. The molecule has 0 aliphatic heterocycles. The summed E-state index contributed by atoms with van der Waals surface area (Å²) in [5.41, 5.74) is 0.738. The van der Waals surface area contributed by atoms with Crippen molar-refractivity contribution in [2.24, 2.45) is 5.92 Å². The number of hydrogen-bond acceptors (Lipinski definition) is 3. The number of aliphatic hydroxyl groups excluding tert-OH is 1. The van der Waals surface area contributed by atoms with E-state index in [1.54, 1.807) is 0 Å². The van der Waals surface area contributed by atoms with E-state index >= 15 is 0 Å². The minimum absolute atomic E-state index is 0.00707. The minimum atomic E-state index is 0.00707. The van der Waals surface area contributed by atoms with E-state index in [0.29, 0.717) is 5.92 Å². The molecule has 0 radical (unpaired) electrons. The highest BCUT2D eigenvalue weighted by molar-refractivity contribution is 7.08. The van der Waals surface area contributed by atoms with Gasteiger partial charge in [-0.15, -0.1) is 0 Å². The Morgan fingerprint density at radius 1 is 1.64 bits per heavy atom. The molecule has 0 aromatic carbocycles. The second kappa shape index (κ2) is 4.11. The molecular formula is C10H13NO2S. The van der Waals surface area contributed by atoms with Crippen LogP contribution in [-0.2, 0) is 0 Å². The first-order valence-electron chi connectivity index (χ1n) is 4.73. The Kier molecular flexibility index (Phi) is 2.84. The van der Waals surface area contributed by atoms with Crippen LogP contribution in [0, 0.1) is 5.92 Å². The van der Waals surface area contributed by atoms with Crippen molar-refractivity contribution in [3.05, 3.63) is 22.4 Å². The molecule has 2 rings (SSSR count). The Balaban J connectivity index is 1.80. The third kappa shape index (κ3) is 1.96. The molecule has 76 valence electrons. The molecule has 1 fully saturated rings. The molecule has 1 heterocycles. The highest BCUT2D eigenvalue weighted by Gasteiger charge is 2.29. The quantitative estimate of drug-likeness (QED) is 0.790. The average molecular weight is 211 g/mol. The minimum Gasteiger partial charge on any atom is -0.396 e. The van der Waals surface area contributed by atoms with Gasteiger partial charge in [0.2, 0.25) is 0 Å². The van der Waals surface area contributed by atoms with Gasteiger partial charge in [-0.05, 0) is 30.2 Å². The number of amides is 1. The van der Waals surface area contributed by atoms with Gasteiger partial charge in [0, 0.05) is 23.6 Å². The zero-order chi connectivity index (χ0) is 9.97. The van der Waals surface area contributed by atoms with Crippen LogP contribution in [0.3, 0.4) is 0 Å².